The fraction of sp³-hybridized carbons (Fsp3) is 0.333. The van der Waals surface area contributed by atoms with Crippen molar-refractivity contribution in [2.24, 2.45) is 0 Å². The lowest BCUT2D eigenvalue weighted by molar-refractivity contribution is 0.470. The number of hydrogen-bond donors (Lipinski definition) is 0. The molecule has 13 heavy (non-hydrogen) atoms. The van der Waals surface area contributed by atoms with Crippen LogP contribution in [0, 0.1) is 0 Å². The van der Waals surface area contributed by atoms with E-state index in [0.29, 0.717) is 6.26 Å². The molecule has 0 aliphatic heterocycles. The van der Waals surface area contributed by atoms with Crippen molar-refractivity contribution < 1.29 is 13.0 Å². The molecule has 1 aromatic rings. The van der Waals surface area contributed by atoms with Gasteiger partial charge in [-0.25, -0.2) is 8.42 Å². The Balaban J connectivity index is 0. The number of hydrogen-bond acceptors (Lipinski definition) is 3. The first-order valence-electron chi connectivity index (χ1n) is 3.91. The highest BCUT2D eigenvalue weighted by Gasteiger charge is 1.65. The summed E-state index contributed by atoms with van der Waals surface area (Å²) in [5, 5.41) is 0. The molecule has 0 heterocycles. The molecular formula is C9H15O3S-. The fourth-order valence-corrected chi connectivity index (χ4v) is 0.385. The quantitative estimate of drug-likeness (QED) is 0.605. The molecule has 0 saturated carbocycles. The Labute approximate surface area is 80.2 Å². The third kappa shape index (κ3) is 35.3. The molecule has 0 N–H and O–H groups in total. The van der Waals surface area contributed by atoms with Gasteiger partial charge in [0.05, 0.1) is 10.1 Å². The molecule has 0 bridgehead atoms. The highest BCUT2D eigenvalue weighted by atomic mass is 32.2. The Morgan fingerprint density at radius 1 is 0.846 bits per heavy atom. The van der Waals surface area contributed by atoms with Gasteiger partial charge in [0.2, 0.25) is 0 Å². The Kier molecular flexibility index (Phi) is 10.4. The summed E-state index contributed by atoms with van der Waals surface area (Å²) in [5.41, 5.74) is 0. The van der Waals surface area contributed by atoms with E-state index >= 15 is 0 Å². The van der Waals surface area contributed by atoms with Crippen molar-refractivity contribution >= 4 is 10.1 Å². The summed E-state index contributed by atoms with van der Waals surface area (Å²) in [6, 6.07) is 12.0. The van der Waals surface area contributed by atoms with E-state index in [0.717, 1.165) is 0 Å². The Bertz CT molecular complexity index is 231. The summed E-state index contributed by atoms with van der Waals surface area (Å²) < 4.78 is 27.2. The lowest BCUT2D eigenvalue weighted by atomic mass is 10.4. The zero-order valence-electron chi connectivity index (χ0n) is 8.10. The largest absolute Gasteiger partial charge is 0.748 e. The van der Waals surface area contributed by atoms with E-state index in [-0.39, 0.29) is 0 Å². The minimum absolute atomic E-state index is 0.604. The molecular weight excluding hydrogens is 188 g/mol. The molecule has 76 valence electrons. The summed E-state index contributed by atoms with van der Waals surface area (Å²) in [6.45, 7) is 4.00. The molecule has 0 saturated heterocycles. The lowest BCUT2D eigenvalue weighted by Crippen LogP contribution is -1.88. The van der Waals surface area contributed by atoms with Gasteiger partial charge in [-0.3, -0.25) is 0 Å². The first-order valence-corrected chi connectivity index (χ1v) is 5.72. The molecule has 3 nitrogen and oxygen atoms in total. The van der Waals surface area contributed by atoms with Crippen LogP contribution in [0.5, 0.6) is 0 Å². The summed E-state index contributed by atoms with van der Waals surface area (Å²) in [7, 11) is -3.92. The maximum atomic E-state index is 9.08. The van der Waals surface area contributed by atoms with Crippen LogP contribution in [0.15, 0.2) is 36.4 Å². The molecule has 0 unspecified atom stereocenters. The van der Waals surface area contributed by atoms with E-state index in [1.54, 1.807) is 0 Å². The highest BCUT2D eigenvalue weighted by Crippen LogP contribution is 1.79. The van der Waals surface area contributed by atoms with Crippen molar-refractivity contribution in [3.05, 3.63) is 36.4 Å². The monoisotopic (exact) mass is 203 g/mol. The first-order chi connectivity index (χ1) is 6.00. The molecule has 0 fully saturated rings. The summed E-state index contributed by atoms with van der Waals surface area (Å²) in [4.78, 5) is 0. The van der Waals surface area contributed by atoms with Gasteiger partial charge in [0.15, 0.2) is 0 Å². The van der Waals surface area contributed by atoms with E-state index in [9.17, 15) is 0 Å². The predicted octanol–water partition coefficient (Wildman–Crippen LogP) is 1.87. The minimum Gasteiger partial charge on any atom is -0.748 e. The van der Waals surface area contributed by atoms with Gasteiger partial charge < -0.3 is 4.55 Å². The van der Waals surface area contributed by atoms with Gasteiger partial charge in [0.25, 0.3) is 0 Å². The van der Waals surface area contributed by atoms with Crippen LogP contribution < -0.4 is 0 Å². The molecule has 0 spiro atoms. The number of rotatable bonds is 0. The van der Waals surface area contributed by atoms with Crippen molar-refractivity contribution in [3.8, 4) is 0 Å². The molecule has 0 aliphatic carbocycles. The molecule has 1 aromatic carbocycles. The third-order valence-electron chi connectivity index (χ3n) is 0.667. The smallest absolute Gasteiger partial charge is 0.0916 e. The second-order valence-corrected chi connectivity index (χ2v) is 3.27. The van der Waals surface area contributed by atoms with E-state index in [4.69, 9.17) is 13.0 Å². The van der Waals surface area contributed by atoms with Crippen molar-refractivity contribution in [2.75, 3.05) is 6.26 Å². The number of benzene rings is 1. The van der Waals surface area contributed by atoms with Crippen LogP contribution in [-0.2, 0) is 10.1 Å². The van der Waals surface area contributed by atoms with Gasteiger partial charge in [-0.15, -0.1) is 0 Å². The Morgan fingerprint density at radius 2 is 0.923 bits per heavy atom. The fourth-order valence-electron chi connectivity index (χ4n) is 0.385. The Hall–Kier alpha value is -0.870. The van der Waals surface area contributed by atoms with Crippen molar-refractivity contribution in [3.63, 3.8) is 0 Å². The van der Waals surface area contributed by atoms with E-state index < -0.39 is 10.1 Å². The summed E-state index contributed by atoms with van der Waals surface area (Å²) in [6.07, 6.45) is 0.604. The average Bonchev–Trinajstić information content (AvgIpc) is 2.08. The van der Waals surface area contributed by atoms with Gasteiger partial charge in [-0.1, -0.05) is 50.2 Å². The normalized spacial score (nSPS) is 8.62. The maximum absolute atomic E-state index is 9.08. The highest BCUT2D eigenvalue weighted by molar-refractivity contribution is 7.84. The first kappa shape index (κ1) is 14.6. The third-order valence-corrected chi connectivity index (χ3v) is 0.667. The zero-order chi connectivity index (χ0) is 10.7. The van der Waals surface area contributed by atoms with Crippen molar-refractivity contribution in [2.45, 2.75) is 13.8 Å². The SMILES string of the molecule is CC.CS(=O)(=O)[O-].c1ccccc1. The summed E-state index contributed by atoms with van der Waals surface area (Å²) >= 11 is 0. The van der Waals surface area contributed by atoms with Crippen LogP contribution in [-0.4, -0.2) is 19.2 Å². The van der Waals surface area contributed by atoms with E-state index in [1.807, 2.05) is 50.2 Å². The van der Waals surface area contributed by atoms with Gasteiger partial charge in [0, 0.05) is 6.26 Å². The lowest BCUT2D eigenvalue weighted by Gasteiger charge is -1.90. The molecule has 0 aliphatic rings. The van der Waals surface area contributed by atoms with E-state index in [1.165, 1.54) is 0 Å². The molecule has 0 radical (unpaired) electrons. The maximum Gasteiger partial charge on any atom is 0.0916 e. The molecule has 1 rings (SSSR count). The zero-order valence-corrected chi connectivity index (χ0v) is 8.91. The average molecular weight is 203 g/mol. The van der Waals surface area contributed by atoms with Crippen molar-refractivity contribution in [1.29, 1.82) is 0 Å². The molecule has 4 heteroatoms. The van der Waals surface area contributed by atoms with Crippen molar-refractivity contribution in [1.82, 2.24) is 0 Å². The van der Waals surface area contributed by atoms with Gasteiger partial charge in [-0.2, -0.15) is 0 Å². The van der Waals surface area contributed by atoms with Crippen LogP contribution in [0.4, 0.5) is 0 Å². The standard InChI is InChI=1S/C6H6.C2H6.CH4O3S/c1-2-4-6-5-3-1;1-2;1-5(2,3)4/h1-6H;1-2H3;1H3,(H,2,3,4)/p-1. The van der Waals surface area contributed by atoms with E-state index in [2.05, 4.69) is 0 Å². The topological polar surface area (TPSA) is 57.2 Å². The van der Waals surface area contributed by atoms with Gasteiger partial charge >= 0.3 is 0 Å². The Morgan fingerprint density at radius 3 is 1.00 bits per heavy atom. The van der Waals surface area contributed by atoms with Crippen LogP contribution in [0.25, 0.3) is 0 Å². The van der Waals surface area contributed by atoms with Crippen LogP contribution >= 0.6 is 0 Å². The minimum atomic E-state index is -3.92. The van der Waals surface area contributed by atoms with Crippen LogP contribution in [0.2, 0.25) is 0 Å². The van der Waals surface area contributed by atoms with Crippen LogP contribution in [0.3, 0.4) is 0 Å². The van der Waals surface area contributed by atoms with Gasteiger partial charge in [-0.05, 0) is 0 Å². The predicted molar refractivity (Wildman–Crippen MR) is 53.4 cm³/mol. The van der Waals surface area contributed by atoms with Crippen LogP contribution in [0.1, 0.15) is 13.8 Å². The second kappa shape index (κ2) is 9.22. The molecule has 0 atom stereocenters. The summed E-state index contributed by atoms with van der Waals surface area (Å²) in [5.74, 6) is 0. The molecule has 0 amide bonds. The molecule has 0 aromatic heterocycles. The second-order valence-electron chi connectivity index (χ2n) is 1.86. The van der Waals surface area contributed by atoms with Gasteiger partial charge in [0.1, 0.15) is 0 Å².